The monoisotopic (exact) mass is 362 g/mol. The fraction of sp³-hybridized carbons (Fsp3) is 0.571. The Labute approximate surface area is 139 Å². The quantitative estimate of drug-likeness (QED) is 0.410. The van der Waals surface area contributed by atoms with E-state index in [4.69, 9.17) is 9.79 Å². The molecule has 0 saturated heterocycles. The second kappa shape index (κ2) is 8.55. The molecular formula is C14H23N2O7P. The summed E-state index contributed by atoms with van der Waals surface area (Å²) in [5.41, 5.74) is 0.884. The fourth-order valence-corrected chi connectivity index (χ4v) is 2.45. The lowest BCUT2D eigenvalue weighted by molar-refractivity contribution is -0.140. The van der Waals surface area contributed by atoms with Crippen molar-refractivity contribution in [3.05, 3.63) is 23.0 Å². The first-order valence-corrected chi connectivity index (χ1v) is 8.92. The minimum absolute atomic E-state index is 0.00362. The van der Waals surface area contributed by atoms with Gasteiger partial charge in [-0.15, -0.1) is 0 Å². The summed E-state index contributed by atoms with van der Waals surface area (Å²) in [4.78, 5) is 32.9. The van der Waals surface area contributed by atoms with E-state index < -0.39 is 26.4 Å². The minimum atomic E-state index is -4.68. The number of aryl methyl sites for hydroxylation is 1. The summed E-state index contributed by atoms with van der Waals surface area (Å²) in [6, 6.07) is -0.821. The van der Waals surface area contributed by atoms with Crippen LogP contribution in [0.2, 0.25) is 0 Å². The molecular weight excluding hydrogens is 339 g/mol. The zero-order chi connectivity index (χ0) is 18.5. The topological polar surface area (TPSA) is 149 Å². The van der Waals surface area contributed by atoms with Crippen molar-refractivity contribution in [3.63, 3.8) is 0 Å². The Kier molecular flexibility index (Phi) is 7.31. The van der Waals surface area contributed by atoms with E-state index in [-0.39, 0.29) is 23.8 Å². The molecule has 1 rings (SSSR count). The van der Waals surface area contributed by atoms with Crippen molar-refractivity contribution >= 4 is 13.8 Å². The van der Waals surface area contributed by atoms with Crippen LogP contribution >= 0.6 is 7.82 Å². The highest BCUT2D eigenvalue weighted by Gasteiger charge is 2.24. The number of carbonyl (C=O) groups is 1. The molecule has 1 aromatic heterocycles. The molecule has 0 fully saturated rings. The molecule has 24 heavy (non-hydrogen) atoms. The number of phosphoric acid groups is 1. The number of phosphoric ester groups is 1. The third-order valence-corrected chi connectivity index (χ3v) is 4.26. The largest absolute Gasteiger partial charge is 0.506 e. The van der Waals surface area contributed by atoms with E-state index in [1.165, 1.54) is 6.20 Å². The van der Waals surface area contributed by atoms with Gasteiger partial charge in [0.2, 0.25) is 0 Å². The van der Waals surface area contributed by atoms with Crippen molar-refractivity contribution in [1.29, 1.82) is 0 Å². The maximum Gasteiger partial charge on any atom is 0.469 e. The number of aromatic nitrogens is 1. The summed E-state index contributed by atoms with van der Waals surface area (Å²) < 4.78 is 15.3. The number of hydrogen-bond acceptors (Lipinski definition) is 6. The van der Waals surface area contributed by atoms with E-state index in [1.807, 2.05) is 6.92 Å². The third kappa shape index (κ3) is 5.85. The van der Waals surface area contributed by atoms with Gasteiger partial charge >= 0.3 is 13.8 Å². The molecule has 0 radical (unpaired) electrons. The van der Waals surface area contributed by atoms with Crippen LogP contribution in [0.1, 0.15) is 37.1 Å². The highest BCUT2D eigenvalue weighted by Crippen LogP contribution is 2.38. The predicted molar refractivity (Wildman–Crippen MR) is 85.2 cm³/mol. The van der Waals surface area contributed by atoms with E-state index >= 15 is 0 Å². The van der Waals surface area contributed by atoms with Crippen LogP contribution in [0.3, 0.4) is 0 Å². The second-order valence-corrected chi connectivity index (χ2v) is 6.78. The molecule has 10 heteroatoms. The van der Waals surface area contributed by atoms with Crippen molar-refractivity contribution in [2.45, 2.75) is 46.4 Å². The molecule has 1 aromatic rings. The summed E-state index contributed by atoms with van der Waals surface area (Å²) in [7, 11) is -4.68. The van der Waals surface area contributed by atoms with E-state index in [2.05, 4.69) is 14.8 Å². The summed E-state index contributed by atoms with van der Waals surface area (Å²) in [6.07, 6.45) is 1.99. The van der Waals surface area contributed by atoms with Gasteiger partial charge in [0.25, 0.3) is 0 Å². The van der Waals surface area contributed by atoms with Gasteiger partial charge in [0, 0.05) is 23.9 Å². The molecule has 9 nitrogen and oxygen atoms in total. The Hall–Kier alpha value is -1.51. The summed E-state index contributed by atoms with van der Waals surface area (Å²) in [5.74, 6) is -1.31. The molecule has 0 aliphatic rings. The maximum absolute atomic E-state index is 11.4. The Morgan fingerprint density at radius 2 is 2.08 bits per heavy atom. The molecule has 136 valence electrons. The van der Waals surface area contributed by atoms with E-state index in [1.54, 1.807) is 13.8 Å². The van der Waals surface area contributed by atoms with Crippen LogP contribution in [0, 0.1) is 12.8 Å². The van der Waals surface area contributed by atoms with Crippen LogP contribution in [0.5, 0.6) is 5.75 Å². The summed E-state index contributed by atoms with van der Waals surface area (Å²) in [6.45, 7) is 4.77. The van der Waals surface area contributed by atoms with Crippen molar-refractivity contribution < 1.29 is 33.9 Å². The maximum atomic E-state index is 11.4. The molecule has 0 bridgehead atoms. The van der Waals surface area contributed by atoms with Gasteiger partial charge in [-0.05, 0) is 12.8 Å². The Morgan fingerprint density at radius 1 is 1.46 bits per heavy atom. The standard InChI is InChI=1S/C14H23N2O7P/c1-4-8(2)12(14(18)19)16-6-11-10(7-23-24(20,21)22)5-15-9(3)13(11)17/h5,8,12,16-17H,4,6-7H2,1-3H3,(H,18,19)(H2,20,21,22)/t8-,12+/m0/s1. The number of nitrogens with one attached hydrogen (secondary N) is 1. The zero-order valence-electron chi connectivity index (χ0n) is 13.8. The molecule has 0 amide bonds. The number of nitrogens with zero attached hydrogens (tertiary/aromatic N) is 1. The molecule has 0 aliphatic carbocycles. The van der Waals surface area contributed by atoms with Gasteiger partial charge in [0.15, 0.2) is 0 Å². The summed E-state index contributed by atoms with van der Waals surface area (Å²) in [5, 5.41) is 22.3. The lowest BCUT2D eigenvalue weighted by Crippen LogP contribution is -2.41. The number of aromatic hydroxyl groups is 1. The molecule has 0 unspecified atom stereocenters. The fourth-order valence-electron chi connectivity index (χ4n) is 2.14. The molecule has 1 heterocycles. The van der Waals surface area contributed by atoms with Crippen LogP contribution in [-0.2, 0) is 27.0 Å². The number of aliphatic carboxylic acids is 1. The average molecular weight is 362 g/mol. The van der Waals surface area contributed by atoms with Crippen molar-refractivity contribution in [2.24, 2.45) is 5.92 Å². The molecule has 5 N–H and O–H groups in total. The number of hydrogen-bond donors (Lipinski definition) is 5. The highest BCUT2D eigenvalue weighted by molar-refractivity contribution is 7.46. The molecule has 2 atom stereocenters. The van der Waals surface area contributed by atoms with Crippen molar-refractivity contribution in [2.75, 3.05) is 0 Å². The van der Waals surface area contributed by atoms with Crippen LogP contribution in [0.4, 0.5) is 0 Å². The third-order valence-electron chi connectivity index (χ3n) is 3.80. The smallest absolute Gasteiger partial charge is 0.469 e. The average Bonchev–Trinajstić information content (AvgIpc) is 2.48. The van der Waals surface area contributed by atoms with Gasteiger partial charge in [-0.25, -0.2) is 4.57 Å². The van der Waals surface area contributed by atoms with Gasteiger partial charge in [0.05, 0.1) is 12.3 Å². The number of carboxylic acids is 1. The first kappa shape index (κ1) is 20.5. The highest BCUT2D eigenvalue weighted by atomic mass is 31.2. The second-order valence-electron chi connectivity index (χ2n) is 5.54. The van der Waals surface area contributed by atoms with Crippen LogP contribution in [0.25, 0.3) is 0 Å². The molecule has 0 aliphatic heterocycles. The van der Waals surface area contributed by atoms with Crippen molar-refractivity contribution in [3.8, 4) is 5.75 Å². The van der Waals surface area contributed by atoms with E-state index in [9.17, 15) is 19.6 Å². The lowest BCUT2D eigenvalue weighted by Gasteiger charge is -2.21. The number of pyridine rings is 1. The van der Waals surface area contributed by atoms with Crippen LogP contribution < -0.4 is 5.32 Å². The van der Waals surface area contributed by atoms with Crippen LogP contribution in [0.15, 0.2) is 6.20 Å². The normalized spacial score (nSPS) is 14.4. The first-order chi connectivity index (χ1) is 11.1. The van der Waals surface area contributed by atoms with Gasteiger partial charge in [-0.2, -0.15) is 0 Å². The Morgan fingerprint density at radius 3 is 2.58 bits per heavy atom. The zero-order valence-corrected chi connectivity index (χ0v) is 14.7. The van der Waals surface area contributed by atoms with E-state index in [0.717, 1.165) is 0 Å². The predicted octanol–water partition coefficient (Wildman–Crippen LogP) is 1.29. The number of rotatable bonds is 9. The molecule has 0 aromatic carbocycles. The van der Waals surface area contributed by atoms with Gasteiger partial charge in [-0.1, -0.05) is 20.3 Å². The first-order valence-electron chi connectivity index (χ1n) is 7.39. The molecule has 0 saturated carbocycles. The lowest BCUT2D eigenvalue weighted by atomic mass is 9.98. The summed E-state index contributed by atoms with van der Waals surface area (Å²) >= 11 is 0. The Bertz CT molecular complexity index is 632. The molecule has 0 spiro atoms. The Balaban J connectivity index is 3.01. The minimum Gasteiger partial charge on any atom is -0.506 e. The SMILES string of the molecule is CC[C@H](C)[C@@H](NCc1c(COP(=O)(O)O)cnc(C)c1O)C(=O)O. The van der Waals surface area contributed by atoms with Gasteiger partial charge < -0.3 is 20.0 Å². The van der Waals surface area contributed by atoms with Crippen molar-refractivity contribution in [1.82, 2.24) is 10.3 Å². The van der Waals surface area contributed by atoms with Gasteiger partial charge in [-0.3, -0.25) is 19.6 Å². The van der Waals surface area contributed by atoms with Gasteiger partial charge in [0.1, 0.15) is 11.8 Å². The van der Waals surface area contributed by atoms with Crippen LogP contribution in [-0.4, -0.2) is 37.0 Å². The number of carboxylic acid groups (broad SMARTS) is 1. The van der Waals surface area contributed by atoms with E-state index in [0.29, 0.717) is 17.7 Å².